The number of hydrogen-bond donors (Lipinski definition) is 1. The molecule has 0 saturated carbocycles. The largest absolute Gasteiger partial charge is 0.323 e. The van der Waals surface area contributed by atoms with E-state index in [1.165, 1.54) is 11.8 Å². The predicted octanol–water partition coefficient (Wildman–Crippen LogP) is 4.60. The Labute approximate surface area is 151 Å². The number of aryl methyl sites for hydroxylation is 1. The van der Waals surface area contributed by atoms with E-state index in [-0.39, 0.29) is 23.4 Å². The first kappa shape index (κ1) is 18.3. The first-order chi connectivity index (χ1) is 11.3. The average molecular weight is 365 g/mol. The van der Waals surface area contributed by atoms with E-state index in [1.54, 1.807) is 18.2 Å². The van der Waals surface area contributed by atoms with Crippen molar-refractivity contribution in [2.24, 2.45) is 0 Å². The van der Waals surface area contributed by atoms with E-state index in [1.807, 2.05) is 32.0 Å². The number of carbonyl (C=O) groups is 2. The Hall–Kier alpha value is -2.04. The quantitative estimate of drug-likeness (QED) is 0.861. The second-order valence-electron chi connectivity index (χ2n) is 5.47. The smallest absolute Gasteiger partial charge is 0.244 e. The van der Waals surface area contributed by atoms with Gasteiger partial charge in [-0.2, -0.15) is 0 Å². The van der Waals surface area contributed by atoms with E-state index < -0.39 is 0 Å². The lowest BCUT2D eigenvalue weighted by Gasteiger charge is -2.23. The van der Waals surface area contributed by atoms with Crippen LogP contribution in [0.15, 0.2) is 36.4 Å². The summed E-state index contributed by atoms with van der Waals surface area (Å²) in [6.45, 7) is 5.21. The number of benzene rings is 2. The van der Waals surface area contributed by atoms with Crippen molar-refractivity contribution < 1.29 is 9.59 Å². The van der Waals surface area contributed by atoms with Crippen LogP contribution in [0.1, 0.15) is 18.1 Å². The number of nitrogens with zero attached hydrogens (tertiary/aromatic N) is 1. The highest BCUT2D eigenvalue weighted by Crippen LogP contribution is 2.29. The molecule has 0 spiro atoms. The lowest BCUT2D eigenvalue weighted by atomic mass is 10.1. The van der Waals surface area contributed by atoms with Crippen molar-refractivity contribution in [2.75, 3.05) is 16.8 Å². The highest BCUT2D eigenvalue weighted by atomic mass is 35.5. The molecule has 0 atom stereocenters. The minimum Gasteiger partial charge on any atom is -0.323 e. The average Bonchev–Trinajstić information content (AvgIpc) is 2.52. The zero-order valence-electron chi connectivity index (χ0n) is 13.7. The predicted molar refractivity (Wildman–Crippen MR) is 99.0 cm³/mol. The topological polar surface area (TPSA) is 49.4 Å². The minimum absolute atomic E-state index is 0.109. The Morgan fingerprint density at radius 2 is 1.75 bits per heavy atom. The number of amides is 2. The fourth-order valence-electron chi connectivity index (χ4n) is 2.33. The highest BCUT2D eigenvalue weighted by Gasteiger charge is 2.19. The van der Waals surface area contributed by atoms with E-state index >= 15 is 0 Å². The van der Waals surface area contributed by atoms with Gasteiger partial charge in [0.15, 0.2) is 0 Å². The molecular formula is C18H18Cl2N2O2. The number of hydrogen-bond acceptors (Lipinski definition) is 2. The Morgan fingerprint density at radius 1 is 1.08 bits per heavy atom. The molecule has 2 aromatic rings. The van der Waals surface area contributed by atoms with Crippen LogP contribution in [0.5, 0.6) is 0 Å². The fourth-order valence-corrected chi connectivity index (χ4v) is 2.68. The number of rotatable bonds is 4. The maximum Gasteiger partial charge on any atom is 0.244 e. The van der Waals surface area contributed by atoms with Crippen LogP contribution in [0, 0.1) is 13.8 Å². The van der Waals surface area contributed by atoms with Crippen molar-refractivity contribution in [3.05, 3.63) is 57.6 Å². The standard InChI is InChI=1S/C18H18Cl2N2O2/c1-11-6-4-9-16(12(11)2)22(13(3)23)10-17(24)21-15-8-5-7-14(19)18(15)20/h4-9H,10H2,1-3H3,(H,21,24). The lowest BCUT2D eigenvalue weighted by molar-refractivity contribution is -0.120. The molecule has 1 N–H and O–H groups in total. The van der Waals surface area contributed by atoms with Gasteiger partial charge in [0, 0.05) is 12.6 Å². The van der Waals surface area contributed by atoms with Gasteiger partial charge in [0.05, 0.1) is 15.7 Å². The van der Waals surface area contributed by atoms with Crippen LogP contribution >= 0.6 is 23.2 Å². The first-order valence-electron chi connectivity index (χ1n) is 7.39. The number of anilines is 2. The van der Waals surface area contributed by atoms with Gasteiger partial charge in [-0.1, -0.05) is 41.4 Å². The minimum atomic E-state index is -0.352. The molecule has 24 heavy (non-hydrogen) atoms. The van der Waals surface area contributed by atoms with Gasteiger partial charge in [-0.05, 0) is 43.2 Å². The molecule has 0 bridgehead atoms. The van der Waals surface area contributed by atoms with Gasteiger partial charge in [-0.3, -0.25) is 9.59 Å². The van der Waals surface area contributed by atoms with Crippen molar-refractivity contribution in [1.29, 1.82) is 0 Å². The molecule has 0 aliphatic rings. The molecule has 126 valence electrons. The molecule has 0 saturated heterocycles. The Kier molecular flexibility index (Phi) is 5.86. The molecule has 0 radical (unpaired) electrons. The van der Waals surface area contributed by atoms with E-state index in [0.29, 0.717) is 10.7 Å². The van der Waals surface area contributed by atoms with E-state index in [2.05, 4.69) is 5.32 Å². The fraction of sp³-hybridized carbons (Fsp3) is 0.222. The van der Waals surface area contributed by atoms with Gasteiger partial charge >= 0.3 is 0 Å². The van der Waals surface area contributed by atoms with Gasteiger partial charge in [0.1, 0.15) is 6.54 Å². The van der Waals surface area contributed by atoms with E-state index in [4.69, 9.17) is 23.2 Å². The first-order valence-corrected chi connectivity index (χ1v) is 8.15. The number of carbonyl (C=O) groups excluding carboxylic acids is 2. The SMILES string of the molecule is CC(=O)N(CC(=O)Nc1cccc(Cl)c1Cl)c1cccc(C)c1C. The van der Waals surface area contributed by atoms with Crippen LogP contribution in [0.4, 0.5) is 11.4 Å². The maximum absolute atomic E-state index is 12.4. The zero-order chi connectivity index (χ0) is 17.9. The Bertz CT molecular complexity index is 791. The molecule has 0 unspecified atom stereocenters. The summed E-state index contributed by atoms with van der Waals surface area (Å²) in [6, 6.07) is 10.6. The molecule has 0 aliphatic heterocycles. The summed E-state index contributed by atoms with van der Waals surface area (Å²) >= 11 is 12.0. The van der Waals surface area contributed by atoms with Crippen molar-refractivity contribution in [3.8, 4) is 0 Å². The third-order valence-corrected chi connectivity index (χ3v) is 4.59. The van der Waals surface area contributed by atoms with Crippen LogP contribution in [-0.4, -0.2) is 18.4 Å². The van der Waals surface area contributed by atoms with Crippen molar-refractivity contribution in [1.82, 2.24) is 0 Å². The molecule has 2 aromatic carbocycles. The monoisotopic (exact) mass is 364 g/mol. The molecule has 0 fully saturated rings. The van der Waals surface area contributed by atoms with Crippen LogP contribution in [-0.2, 0) is 9.59 Å². The van der Waals surface area contributed by atoms with Gasteiger partial charge < -0.3 is 10.2 Å². The third kappa shape index (κ3) is 4.08. The maximum atomic E-state index is 12.4. The molecule has 2 amide bonds. The molecule has 0 aliphatic carbocycles. The second-order valence-corrected chi connectivity index (χ2v) is 6.26. The lowest BCUT2D eigenvalue weighted by Crippen LogP contribution is -2.37. The normalized spacial score (nSPS) is 10.4. The van der Waals surface area contributed by atoms with Crippen molar-refractivity contribution in [2.45, 2.75) is 20.8 Å². The summed E-state index contributed by atoms with van der Waals surface area (Å²) in [5, 5.41) is 3.32. The zero-order valence-corrected chi connectivity index (χ0v) is 15.2. The van der Waals surface area contributed by atoms with Crippen LogP contribution in [0.2, 0.25) is 10.0 Å². The Balaban J connectivity index is 2.22. The summed E-state index contributed by atoms with van der Waals surface area (Å²) in [7, 11) is 0. The summed E-state index contributed by atoms with van der Waals surface area (Å²) in [5.74, 6) is -0.564. The molecular weight excluding hydrogens is 347 g/mol. The van der Waals surface area contributed by atoms with Gasteiger partial charge in [-0.15, -0.1) is 0 Å². The van der Waals surface area contributed by atoms with E-state index in [0.717, 1.165) is 16.8 Å². The number of halogens is 2. The van der Waals surface area contributed by atoms with Crippen LogP contribution < -0.4 is 10.2 Å². The summed E-state index contributed by atoms with van der Waals surface area (Å²) in [4.78, 5) is 25.8. The van der Waals surface area contributed by atoms with Gasteiger partial charge in [0.25, 0.3) is 0 Å². The Morgan fingerprint density at radius 3 is 2.42 bits per heavy atom. The summed E-state index contributed by atoms with van der Waals surface area (Å²) in [6.07, 6.45) is 0. The van der Waals surface area contributed by atoms with Gasteiger partial charge in [-0.25, -0.2) is 0 Å². The summed E-state index contributed by atoms with van der Waals surface area (Å²) < 4.78 is 0. The second kappa shape index (κ2) is 7.69. The van der Waals surface area contributed by atoms with Crippen LogP contribution in [0.3, 0.4) is 0 Å². The molecule has 4 nitrogen and oxygen atoms in total. The number of nitrogens with one attached hydrogen (secondary N) is 1. The molecule has 0 heterocycles. The van der Waals surface area contributed by atoms with Crippen LogP contribution in [0.25, 0.3) is 0 Å². The van der Waals surface area contributed by atoms with Gasteiger partial charge in [0.2, 0.25) is 11.8 Å². The molecule has 6 heteroatoms. The van der Waals surface area contributed by atoms with Crippen molar-refractivity contribution in [3.63, 3.8) is 0 Å². The summed E-state index contributed by atoms with van der Waals surface area (Å²) in [5.41, 5.74) is 3.15. The molecule has 2 rings (SSSR count). The molecule has 0 aromatic heterocycles. The van der Waals surface area contributed by atoms with Crippen molar-refractivity contribution >= 4 is 46.4 Å². The van der Waals surface area contributed by atoms with E-state index in [9.17, 15) is 9.59 Å². The highest BCUT2D eigenvalue weighted by molar-refractivity contribution is 6.44. The third-order valence-electron chi connectivity index (χ3n) is 3.77.